The maximum Gasteiger partial charge on any atom is 0.175 e. The van der Waals surface area contributed by atoms with Crippen LogP contribution in [0.5, 0.6) is 0 Å². The molecule has 0 amide bonds. The molecular weight excluding hydrogens is 258 g/mol. The van der Waals surface area contributed by atoms with Crippen LogP contribution in [0, 0.1) is 0 Å². The summed E-state index contributed by atoms with van der Waals surface area (Å²) < 4.78 is 2.05. The fourth-order valence-electron chi connectivity index (χ4n) is 0.995. The van der Waals surface area contributed by atoms with E-state index in [4.69, 9.17) is 0 Å². The van der Waals surface area contributed by atoms with Gasteiger partial charge in [-0.15, -0.1) is 10.2 Å². The minimum atomic E-state index is 0.898. The Morgan fingerprint density at radius 1 is 1.44 bits per heavy atom. The van der Waals surface area contributed by atoms with Gasteiger partial charge in [0.1, 0.15) is 0 Å². The monoisotopic (exact) mass is 275 g/mol. The zero-order chi connectivity index (χ0) is 11.8. The van der Waals surface area contributed by atoms with Crippen LogP contribution in [0.4, 0.5) is 0 Å². The minimum absolute atomic E-state index is 0.898. The maximum absolute atomic E-state index is 4.10. The van der Waals surface area contributed by atoms with Gasteiger partial charge in [0.15, 0.2) is 8.68 Å². The summed E-state index contributed by atoms with van der Waals surface area (Å²) in [4.78, 5) is 0. The lowest BCUT2D eigenvalue weighted by atomic mass is 10.3. The van der Waals surface area contributed by atoms with Gasteiger partial charge in [0.25, 0.3) is 0 Å². The average molecular weight is 275 g/mol. The molecule has 0 aliphatic carbocycles. The summed E-state index contributed by atoms with van der Waals surface area (Å²) in [6.45, 7) is 8.15. The molecule has 0 aromatic carbocycles. The number of thioether (sulfide) groups is 2. The summed E-state index contributed by atoms with van der Waals surface area (Å²) in [5.41, 5.74) is 1.21. The van der Waals surface area contributed by atoms with Crippen LogP contribution in [0.15, 0.2) is 20.8 Å². The Kier molecular flexibility index (Phi) is 7.11. The third-order valence-electron chi connectivity index (χ3n) is 1.76. The minimum Gasteiger partial charge on any atom is -0.313 e. The zero-order valence-electron chi connectivity index (χ0n) is 9.65. The molecular formula is C10H17N3S3. The SMILES string of the molecule is C=C(CNCCC)CSc1nnc(SC)s1. The first-order chi connectivity index (χ1) is 7.76. The van der Waals surface area contributed by atoms with E-state index < -0.39 is 0 Å². The van der Waals surface area contributed by atoms with E-state index in [-0.39, 0.29) is 0 Å². The van der Waals surface area contributed by atoms with Crippen LogP contribution in [0.1, 0.15) is 13.3 Å². The smallest absolute Gasteiger partial charge is 0.175 e. The van der Waals surface area contributed by atoms with Gasteiger partial charge < -0.3 is 5.32 Å². The average Bonchev–Trinajstić information content (AvgIpc) is 2.74. The van der Waals surface area contributed by atoms with Crippen molar-refractivity contribution in [2.24, 2.45) is 0 Å². The van der Waals surface area contributed by atoms with Gasteiger partial charge in [-0.3, -0.25) is 0 Å². The first kappa shape index (κ1) is 14.0. The second kappa shape index (κ2) is 8.11. The van der Waals surface area contributed by atoms with Crippen molar-refractivity contribution in [1.82, 2.24) is 15.5 Å². The Hall–Kier alpha value is -0.0400. The molecule has 16 heavy (non-hydrogen) atoms. The molecule has 0 spiro atoms. The topological polar surface area (TPSA) is 37.8 Å². The van der Waals surface area contributed by atoms with E-state index in [1.807, 2.05) is 6.26 Å². The summed E-state index contributed by atoms with van der Waals surface area (Å²) in [5, 5.41) is 11.5. The van der Waals surface area contributed by atoms with Crippen molar-refractivity contribution in [2.45, 2.75) is 22.0 Å². The fourth-order valence-corrected chi connectivity index (χ4v) is 3.34. The summed E-state index contributed by atoms with van der Waals surface area (Å²) in [5.74, 6) is 0.916. The molecule has 0 aliphatic heterocycles. The van der Waals surface area contributed by atoms with Gasteiger partial charge >= 0.3 is 0 Å². The van der Waals surface area contributed by atoms with Crippen LogP contribution in [0.3, 0.4) is 0 Å². The van der Waals surface area contributed by atoms with E-state index in [9.17, 15) is 0 Å². The van der Waals surface area contributed by atoms with Gasteiger partial charge in [-0.1, -0.05) is 53.9 Å². The van der Waals surface area contributed by atoms with Crippen molar-refractivity contribution >= 4 is 34.9 Å². The van der Waals surface area contributed by atoms with E-state index in [1.165, 1.54) is 5.57 Å². The molecule has 1 N–H and O–H groups in total. The molecule has 0 fully saturated rings. The third kappa shape index (κ3) is 5.34. The van der Waals surface area contributed by atoms with E-state index in [2.05, 4.69) is 29.0 Å². The predicted octanol–water partition coefficient (Wildman–Crippen LogP) is 2.91. The fraction of sp³-hybridized carbons (Fsp3) is 0.600. The highest BCUT2D eigenvalue weighted by atomic mass is 32.2. The van der Waals surface area contributed by atoms with Crippen molar-refractivity contribution in [1.29, 1.82) is 0 Å². The zero-order valence-corrected chi connectivity index (χ0v) is 12.1. The number of hydrogen-bond acceptors (Lipinski definition) is 6. The summed E-state index contributed by atoms with van der Waals surface area (Å²) in [6, 6.07) is 0. The van der Waals surface area contributed by atoms with E-state index >= 15 is 0 Å². The van der Waals surface area contributed by atoms with Crippen LogP contribution < -0.4 is 5.32 Å². The molecule has 0 bridgehead atoms. The second-order valence-electron chi connectivity index (χ2n) is 3.25. The Bertz CT molecular complexity index is 325. The van der Waals surface area contributed by atoms with Crippen LogP contribution in [0.25, 0.3) is 0 Å². The Balaban J connectivity index is 2.20. The van der Waals surface area contributed by atoms with E-state index in [0.717, 1.165) is 33.9 Å². The lowest BCUT2D eigenvalue weighted by molar-refractivity contribution is 0.716. The van der Waals surface area contributed by atoms with Crippen LogP contribution in [-0.2, 0) is 0 Å². The van der Waals surface area contributed by atoms with E-state index in [0.29, 0.717) is 0 Å². The Morgan fingerprint density at radius 2 is 2.19 bits per heavy atom. The molecule has 0 atom stereocenters. The molecule has 1 aromatic rings. The molecule has 1 rings (SSSR count). The molecule has 6 heteroatoms. The van der Waals surface area contributed by atoms with Crippen molar-refractivity contribution in [3.63, 3.8) is 0 Å². The lowest BCUT2D eigenvalue weighted by Gasteiger charge is -2.04. The van der Waals surface area contributed by atoms with E-state index in [1.54, 1.807) is 34.9 Å². The molecule has 0 aliphatic rings. The highest BCUT2D eigenvalue weighted by molar-refractivity contribution is 8.03. The second-order valence-corrected chi connectivity index (χ2v) is 6.51. The van der Waals surface area contributed by atoms with Gasteiger partial charge in [0.05, 0.1) is 0 Å². The Morgan fingerprint density at radius 3 is 2.81 bits per heavy atom. The van der Waals surface area contributed by atoms with Gasteiger partial charge in [-0.05, 0) is 19.2 Å². The van der Waals surface area contributed by atoms with Gasteiger partial charge in [0, 0.05) is 12.3 Å². The lowest BCUT2D eigenvalue weighted by Crippen LogP contribution is -2.18. The maximum atomic E-state index is 4.10. The number of rotatable bonds is 8. The number of hydrogen-bond donors (Lipinski definition) is 1. The predicted molar refractivity (Wildman–Crippen MR) is 74.7 cm³/mol. The normalized spacial score (nSPS) is 10.6. The summed E-state index contributed by atoms with van der Waals surface area (Å²) in [7, 11) is 0. The highest BCUT2D eigenvalue weighted by Gasteiger charge is 2.04. The first-order valence-corrected chi connectivity index (χ1v) is 8.16. The summed E-state index contributed by atoms with van der Waals surface area (Å²) in [6.07, 6.45) is 3.18. The van der Waals surface area contributed by atoms with Gasteiger partial charge in [0.2, 0.25) is 0 Å². The molecule has 1 heterocycles. The number of aromatic nitrogens is 2. The summed E-state index contributed by atoms with van der Waals surface area (Å²) >= 11 is 5.00. The van der Waals surface area contributed by atoms with Crippen molar-refractivity contribution in [2.75, 3.05) is 25.1 Å². The first-order valence-electron chi connectivity index (χ1n) is 5.14. The van der Waals surface area contributed by atoms with Gasteiger partial charge in [-0.2, -0.15) is 0 Å². The van der Waals surface area contributed by atoms with Crippen LogP contribution in [0.2, 0.25) is 0 Å². The largest absolute Gasteiger partial charge is 0.313 e. The molecule has 3 nitrogen and oxygen atoms in total. The molecule has 90 valence electrons. The van der Waals surface area contributed by atoms with Crippen molar-refractivity contribution in [3.8, 4) is 0 Å². The van der Waals surface area contributed by atoms with Crippen molar-refractivity contribution < 1.29 is 0 Å². The Labute approximate surface area is 110 Å². The molecule has 1 aromatic heterocycles. The number of nitrogens with zero attached hydrogens (tertiary/aromatic N) is 2. The quantitative estimate of drug-likeness (QED) is 0.448. The molecule has 0 unspecified atom stereocenters. The van der Waals surface area contributed by atoms with Crippen LogP contribution in [-0.4, -0.2) is 35.3 Å². The third-order valence-corrected chi connectivity index (χ3v) is 4.94. The molecule has 0 saturated carbocycles. The van der Waals surface area contributed by atoms with Crippen molar-refractivity contribution in [3.05, 3.63) is 12.2 Å². The highest BCUT2D eigenvalue weighted by Crippen LogP contribution is 2.27. The standard InChI is InChI=1S/C10H17N3S3/c1-4-5-11-6-8(2)7-15-10-13-12-9(14-3)16-10/h11H,2,4-7H2,1,3H3. The van der Waals surface area contributed by atoms with Gasteiger partial charge in [-0.25, -0.2) is 0 Å². The molecule has 0 saturated heterocycles. The molecule has 0 radical (unpaired) electrons. The number of nitrogens with one attached hydrogen (secondary N) is 1. The van der Waals surface area contributed by atoms with Crippen LogP contribution >= 0.6 is 34.9 Å².